The topological polar surface area (TPSA) is 92.1 Å². The number of hydrazone groups is 1. The minimum absolute atomic E-state index is 0.0547. The number of hydrogen-bond donors (Lipinski definition) is 1. The van der Waals surface area contributed by atoms with E-state index in [-0.39, 0.29) is 17.9 Å². The summed E-state index contributed by atoms with van der Waals surface area (Å²) in [6, 6.07) is 10.9. The number of rotatable bonds is 7. The quantitative estimate of drug-likeness (QED) is 0.709. The maximum Gasteiger partial charge on any atom is 0.257 e. The molecule has 2 N–H and O–H groups in total. The van der Waals surface area contributed by atoms with E-state index in [1.807, 2.05) is 36.4 Å². The molecule has 4 rings (SSSR count). The van der Waals surface area contributed by atoms with Crippen LogP contribution in [-0.4, -0.2) is 47.1 Å². The fourth-order valence-electron chi connectivity index (χ4n) is 4.40. The molecule has 8 heteroatoms. The van der Waals surface area contributed by atoms with Crippen molar-refractivity contribution in [2.45, 2.75) is 38.1 Å². The summed E-state index contributed by atoms with van der Waals surface area (Å²) in [5, 5.41) is 6.91. The first kappa shape index (κ1) is 21.6. The molecule has 0 radical (unpaired) electrons. The molecule has 0 saturated carbocycles. The van der Waals surface area contributed by atoms with Gasteiger partial charge in [0.05, 0.1) is 18.5 Å². The highest BCUT2D eigenvalue weighted by Crippen LogP contribution is 2.33. The van der Waals surface area contributed by atoms with Crippen LogP contribution in [0.3, 0.4) is 0 Å². The molecule has 1 aromatic heterocycles. The van der Waals surface area contributed by atoms with Gasteiger partial charge in [0.25, 0.3) is 5.91 Å². The van der Waals surface area contributed by atoms with E-state index in [0.29, 0.717) is 30.3 Å². The van der Waals surface area contributed by atoms with Crippen molar-refractivity contribution in [2.24, 2.45) is 16.8 Å². The van der Waals surface area contributed by atoms with E-state index in [0.717, 1.165) is 49.4 Å². The van der Waals surface area contributed by atoms with Crippen LogP contribution in [0.2, 0.25) is 5.02 Å². The molecule has 2 aliphatic rings. The van der Waals surface area contributed by atoms with Crippen molar-refractivity contribution in [1.82, 2.24) is 9.91 Å². The van der Waals surface area contributed by atoms with Gasteiger partial charge in [0.1, 0.15) is 11.8 Å². The minimum Gasteiger partial charge on any atom is -0.467 e. The molecule has 2 unspecified atom stereocenters. The van der Waals surface area contributed by atoms with Crippen molar-refractivity contribution in [1.29, 1.82) is 0 Å². The molecule has 31 heavy (non-hydrogen) atoms. The van der Waals surface area contributed by atoms with Crippen molar-refractivity contribution in [3.05, 3.63) is 59.0 Å². The van der Waals surface area contributed by atoms with E-state index in [4.69, 9.17) is 21.8 Å². The molecule has 1 fully saturated rings. The number of halogens is 1. The van der Waals surface area contributed by atoms with Gasteiger partial charge in [0.2, 0.25) is 5.91 Å². The van der Waals surface area contributed by atoms with Crippen LogP contribution in [0.4, 0.5) is 0 Å². The molecular formula is C23H27ClN4O3. The van der Waals surface area contributed by atoms with E-state index >= 15 is 0 Å². The van der Waals surface area contributed by atoms with Gasteiger partial charge in [0, 0.05) is 24.4 Å². The molecule has 3 heterocycles. The molecule has 0 aliphatic carbocycles. The molecule has 1 aromatic carbocycles. The zero-order valence-electron chi connectivity index (χ0n) is 17.4. The van der Waals surface area contributed by atoms with Crippen molar-refractivity contribution in [3.8, 4) is 0 Å². The summed E-state index contributed by atoms with van der Waals surface area (Å²) >= 11 is 6.02. The Bertz CT molecular complexity index is 942. The van der Waals surface area contributed by atoms with Gasteiger partial charge in [-0.15, -0.1) is 0 Å². The van der Waals surface area contributed by atoms with Crippen LogP contribution in [0.5, 0.6) is 0 Å². The molecule has 2 aromatic rings. The average molecular weight is 443 g/mol. The van der Waals surface area contributed by atoms with Crippen LogP contribution in [0.25, 0.3) is 0 Å². The van der Waals surface area contributed by atoms with Crippen LogP contribution in [0, 0.1) is 5.92 Å². The zero-order chi connectivity index (χ0) is 21.8. The smallest absolute Gasteiger partial charge is 0.257 e. The number of nitrogens with two attached hydrogens (primary N) is 1. The van der Waals surface area contributed by atoms with E-state index in [1.54, 1.807) is 11.3 Å². The summed E-state index contributed by atoms with van der Waals surface area (Å²) in [6.45, 7) is 1.96. The molecule has 0 bridgehead atoms. The third-order valence-corrected chi connectivity index (χ3v) is 6.23. The number of likely N-dealkylation sites (tertiary alicyclic amines) is 1. The molecule has 1 saturated heterocycles. The molecule has 7 nitrogen and oxygen atoms in total. The fraction of sp³-hybridized carbons (Fsp3) is 0.435. The van der Waals surface area contributed by atoms with Gasteiger partial charge in [-0.3, -0.25) is 14.5 Å². The molecule has 0 spiro atoms. The van der Waals surface area contributed by atoms with E-state index in [2.05, 4.69) is 10.0 Å². The number of nitrogens with zero attached hydrogens (tertiary/aromatic N) is 3. The van der Waals surface area contributed by atoms with Gasteiger partial charge >= 0.3 is 0 Å². The summed E-state index contributed by atoms with van der Waals surface area (Å²) in [6.07, 6.45) is 5.45. The lowest BCUT2D eigenvalue weighted by Crippen LogP contribution is -2.43. The predicted octanol–water partition coefficient (Wildman–Crippen LogP) is 3.59. The number of amides is 2. The average Bonchev–Trinajstić information content (AvgIpc) is 3.43. The van der Waals surface area contributed by atoms with Crippen molar-refractivity contribution in [3.63, 3.8) is 0 Å². The highest BCUT2D eigenvalue weighted by molar-refractivity contribution is 6.30. The second-order valence-corrected chi connectivity index (χ2v) is 8.71. The van der Waals surface area contributed by atoms with Crippen LogP contribution >= 0.6 is 11.6 Å². The van der Waals surface area contributed by atoms with E-state index < -0.39 is 0 Å². The monoisotopic (exact) mass is 442 g/mol. The number of carbonyl (C=O) groups is 2. The normalized spacial score (nSPS) is 21.8. The molecule has 2 aliphatic heterocycles. The van der Waals surface area contributed by atoms with Gasteiger partial charge in [-0.25, -0.2) is 5.01 Å². The highest BCUT2D eigenvalue weighted by atomic mass is 35.5. The third-order valence-electron chi connectivity index (χ3n) is 5.98. The first-order chi connectivity index (χ1) is 15.0. The lowest BCUT2D eigenvalue weighted by molar-refractivity contribution is -0.135. The molecular weight excluding hydrogens is 416 g/mol. The van der Waals surface area contributed by atoms with Crippen molar-refractivity contribution < 1.29 is 14.0 Å². The first-order valence-electron chi connectivity index (χ1n) is 10.7. The Balaban J connectivity index is 1.47. The van der Waals surface area contributed by atoms with Crippen molar-refractivity contribution >= 4 is 29.1 Å². The zero-order valence-corrected chi connectivity index (χ0v) is 18.1. The summed E-state index contributed by atoms with van der Waals surface area (Å²) in [5.74, 6) is 0.789. The second kappa shape index (κ2) is 9.66. The fourth-order valence-corrected chi connectivity index (χ4v) is 4.53. The Labute approximate surface area is 186 Å². The van der Waals surface area contributed by atoms with Gasteiger partial charge in [-0.2, -0.15) is 5.10 Å². The van der Waals surface area contributed by atoms with Crippen LogP contribution in [0.1, 0.15) is 49.5 Å². The molecule has 164 valence electrons. The van der Waals surface area contributed by atoms with E-state index in [9.17, 15) is 9.59 Å². The number of furan rings is 1. The van der Waals surface area contributed by atoms with Crippen molar-refractivity contribution in [2.75, 3.05) is 19.6 Å². The minimum atomic E-state index is -0.268. The number of benzene rings is 1. The summed E-state index contributed by atoms with van der Waals surface area (Å²) in [4.78, 5) is 26.5. The van der Waals surface area contributed by atoms with Gasteiger partial charge < -0.3 is 10.2 Å². The third kappa shape index (κ3) is 5.35. The molecule has 2 amide bonds. The Hall–Kier alpha value is -2.64. The second-order valence-electron chi connectivity index (χ2n) is 8.28. The Kier molecular flexibility index (Phi) is 6.73. The van der Waals surface area contributed by atoms with Gasteiger partial charge in [0.15, 0.2) is 0 Å². The number of hydrogen-bond acceptors (Lipinski definition) is 5. The van der Waals surface area contributed by atoms with Crippen LogP contribution in [-0.2, 0) is 9.59 Å². The summed E-state index contributed by atoms with van der Waals surface area (Å²) in [7, 11) is 0. The van der Waals surface area contributed by atoms with Crippen LogP contribution in [0.15, 0.2) is 52.2 Å². The SMILES string of the molecule is NC(=O)CCC1CCCN(CC(=O)N2N=C(c3ccc(Cl)cc3)CC2c2ccco2)C1. The highest BCUT2D eigenvalue weighted by Gasteiger charge is 2.35. The number of carbonyl (C=O) groups excluding carboxylic acids is 2. The largest absolute Gasteiger partial charge is 0.467 e. The number of piperidine rings is 1. The number of primary amides is 1. The lowest BCUT2D eigenvalue weighted by atomic mass is 9.93. The maximum absolute atomic E-state index is 13.3. The van der Waals surface area contributed by atoms with E-state index in [1.165, 1.54) is 0 Å². The maximum atomic E-state index is 13.3. The summed E-state index contributed by atoms with van der Waals surface area (Å²) in [5.41, 5.74) is 7.08. The summed E-state index contributed by atoms with van der Waals surface area (Å²) < 4.78 is 5.62. The van der Waals surface area contributed by atoms with Gasteiger partial charge in [-0.05, 0) is 61.6 Å². The lowest BCUT2D eigenvalue weighted by Gasteiger charge is -2.33. The first-order valence-corrected chi connectivity index (χ1v) is 11.1. The Morgan fingerprint density at radius 2 is 2.03 bits per heavy atom. The predicted molar refractivity (Wildman–Crippen MR) is 118 cm³/mol. The molecule has 2 atom stereocenters. The Morgan fingerprint density at radius 3 is 2.74 bits per heavy atom. The standard InChI is InChI=1S/C23H27ClN4O3/c24-18-8-6-17(7-9-18)19-13-20(21-4-2-12-31-21)28(26-19)23(30)15-27-11-1-3-16(14-27)5-10-22(25)29/h2,4,6-9,12,16,20H,1,3,5,10-11,13-15H2,(H2,25,29). The van der Waals surface area contributed by atoms with Gasteiger partial charge in [-0.1, -0.05) is 23.7 Å². The van der Waals surface area contributed by atoms with Crippen LogP contribution < -0.4 is 5.73 Å². The Morgan fingerprint density at radius 1 is 1.23 bits per heavy atom.